The van der Waals surface area contributed by atoms with Gasteiger partial charge in [0, 0.05) is 18.0 Å². The normalized spacial score (nSPS) is 17.9. The summed E-state index contributed by atoms with van der Waals surface area (Å²) < 4.78 is 55.3. The molecule has 0 unspecified atom stereocenters. The molecule has 1 aliphatic rings. The highest BCUT2D eigenvalue weighted by atomic mass is 79.9. The standard InChI is InChI=1S/C13H13BrF2N4O2S2/c14-11-9(19-7-1-2-17-4-7)3-8(15)13(12(11)16)24(21,22)20-10-5-23-6-18-10/h3,5-7,17,19-20H,1-2,4H2/t7-/m0/s1. The minimum absolute atomic E-state index is 0.00848. The number of rotatable bonds is 5. The molecule has 0 amide bonds. The third kappa shape index (κ3) is 3.53. The highest BCUT2D eigenvalue weighted by Crippen LogP contribution is 2.34. The number of halogens is 3. The van der Waals surface area contributed by atoms with Gasteiger partial charge in [-0.3, -0.25) is 4.72 Å². The Morgan fingerprint density at radius 3 is 2.83 bits per heavy atom. The van der Waals surface area contributed by atoms with Crippen LogP contribution < -0.4 is 15.4 Å². The van der Waals surface area contributed by atoms with Gasteiger partial charge in [-0.05, 0) is 35.0 Å². The van der Waals surface area contributed by atoms with Gasteiger partial charge < -0.3 is 10.6 Å². The summed E-state index contributed by atoms with van der Waals surface area (Å²) in [5.74, 6) is -2.35. The molecule has 1 aliphatic heterocycles. The lowest BCUT2D eigenvalue weighted by molar-refractivity contribution is 0.518. The van der Waals surface area contributed by atoms with Crippen LogP contribution in [0.4, 0.5) is 20.3 Å². The second-order valence-electron chi connectivity index (χ2n) is 5.18. The molecule has 0 spiro atoms. The monoisotopic (exact) mass is 438 g/mol. The molecule has 3 rings (SSSR count). The highest BCUT2D eigenvalue weighted by Gasteiger charge is 2.29. The predicted octanol–water partition coefficient (Wildman–Crippen LogP) is 2.76. The van der Waals surface area contributed by atoms with E-state index in [4.69, 9.17) is 0 Å². The molecule has 130 valence electrons. The SMILES string of the molecule is O=S(=O)(Nc1cscn1)c1c(F)cc(N[C@H]2CCNC2)c(Br)c1F. The number of thiazole rings is 1. The van der Waals surface area contributed by atoms with Crippen LogP contribution in [0.1, 0.15) is 6.42 Å². The highest BCUT2D eigenvalue weighted by molar-refractivity contribution is 9.10. The molecule has 1 aromatic heterocycles. The van der Waals surface area contributed by atoms with Crippen molar-refractivity contribution in [3.05, 3.63) is 33.1 Å². The van der Waals surface area contributed by atoms with Gasteiger partial charge in [0.05, 0.1) is 15.7 Å². The van der Waals surface area contributed by atoms with Crippen molar-refractivity contribution in [1.29, 1.82) is 0 Å². The fourth-order valence-electron chi connectivity index (χ4n) is 2.38. The minimum atomic E-state index is -4.44. The zero-order valence-electron chi connectivity index (χ0n) is 12.1. The second-order valence-corrected chi connectivity index (χ2v) is 8.31. The van der Waals surface area contributed by atoms with Crippen LogP contribution in [-0.2, 0) is 10.0 Å². The number of nitrogens with zero attached hydrogens (tertiary/aromatic N) is 1. The fraction of sp³-hybridized carbons (Fsp3) is 0.308. The Labute approximate surface area is 149 Å². The summed E-state index contributed by atoms with van der Waals surface area (Å²) in [6.07, 6.45) is 0.807. The number of anilines is 2. The van der Waals surface area contributed by atoms with E-state index in [2.05, 4.69) is 36.3 Å². The van der Waals surface area contributed by atoms with Crippen LogP contribution in [0.25, 0.3) is 0 Å². The maximum absolute atomic E-state index is 14.5. The van der Waals surface area contributed by atoms with E-state index < -0.39 is 26.6 Å². The molecule has 6 nitrogen and oxygen atoms in total. The van der Waals surface area contributed by atoms with Crippen LogP contribution in [0.3, 0.4) is 0 Å². The maximum atomic E-state index is 14.5. The largest absolute Gasteiger partial charge is 0.380 e. The minimum Gasteiger partial charge on any atom is -0.380 e. The Balaban J connectivity index is 1.95. The molecule has 1 fully saturated rings. The second kappa shape index (κ2) is 6.90. The number of nitrogens with one attached hydrogen (secondary N) is 3. The average Bonchev–Trinajstić information content (AvgIpc) is 3.17. The quantitative estimate of drug-likeness (QED) is 0.625. The molecule has 0 radical (unpaired) electrons. The number of aromatic nitrogens is 1. The Morgan fingerprint density at radius 1 is 1.42 bits per heavy atom. The van der Waals surface area contributed by atoms with Gasteiger partial charge in [-0.15, -0.1) is 11.3 Å². The van der Waals surface area contributed by atoms with Crippen LogP contribution in [0, 0.1) is 11.6 Å². The van der Waals surface area contributed by atoms with Crippen molar-refractivity contribution in [3.63, 3.8) is 0 Å². The zero-order valence-corrected chi connectivity index (χ0v) is 15.4. The van der Waals surface area contributed by atoms with Gasteiger partial charge >= 0.3 is 0 Å². The van der Waals surface area contributed by atoms with Crippen LogP contribution >= 0.6 is 27.3 Å². The third-order valence-electron chi connectivity index (χ3n) is 3.48. The molecule has 1 aromatic carbocycles. The van der Waals surface area contributed by atoms with Gasteiger partial charge in [0.25, 0.3) is 10.0 Å². The van der Waals surface area contributed by atoms with Gasteiger partial charge in [-0.25, -0.2) is 22.2 Å². The molecule has 1 saturated heterocycles. The lowest BCUT2D eigenvalue weighted by atomic mass is 10.2. The fourth-order valence-corrected chi connectivity index (χ4v) is 4.64. The van der Waals surface area contributed by atoms with Crippen molar-refractivity contribution in [2.75, 3.05) is 23.1 Å². The number of hydrogen-bond acceptors (Lipinski definition) is 6. The first kappa shape index (κ1) is 17.5. The van der Waals surface area contributed by atoms with E-state index in [-0.39, 0.29) is 22.0 Å². The van der Waals surface area contributed by atoms with Gasteiger partial charge in [0.15, 0.2) is 16.5 Å². The van der Waals surface area contributed by atoms with Crippen molar-refractivity contribution in [2.45, 2.75) is 17.4 Å². The summed E-state index contributed by atoms with van der Waals surface area (Å²) in [7, 11) is -4.44. The molecule has 0 saturated carbocycles. The molecule has 24 heavy (non-hydrogen) atoms. The van der Waals surface area contributed by atoms with E-state index >= 15 is 0 Å². The van der Waals surface area contributed by atoms with Gasteiger partial charge in [-0.1, -0.05) is 0 Å². The van der Waals surface area contributed by atoms with Crippen LogP contribution in [0.5, 0.6) is 0 Å². The molecule has 0 bridgehead atoms. The predicted molar refractivity (Wildman–Crippen MR) is 91.9 cm³/mol. The van der Waals surface area contributed by atoms with Crippen LogP contribution in [0.15, 0.2) is 26.3 Å². The molecule has 0 aliphatic carbocycles. The van der Waals surface area contributed by atoms with Crippen molar-refractivity contribution < 1.29 is 17.2 Å². The first-order chi connectivity index (χ1) is 11.4. The lowest BCUT2D eigenvalue weighted by Gasteiger charge is -2.17. The summed E-state index contributed by atoms with van der Waals surface area (Å²) in [6, 6.07) is 0.997. The van der Waals surface area contributed by atoms with E-state index in [1.807, 2.05) is 0 Å². The zero-order chi connectivity index (χ0) is 17.3. The van der Waals surface area contributed by atoms with Gasteiger partial charge in [0.1, 0.15) is 5.82 Å². The summed E-state index contributed by atoms with van der Waals surface area (Å²) in [5, 5.41) is 7.55. The van der Waals surface area contributed by atoms with Crippen LogP contribution in [0.2, 0.25) is 0 Å². The summed E-state index contributed by atoms with van der Waals surface area (Å²) in [6.45, 7) is 1.48. The number of hydrogen-bond donors (Lipinski definition) is 3. The number of sulfonamides is 1. The summed E-state index contributed by atoms with van der Waals surface area (Å²) >= 11 is 4.17. The summed E-state index contributed by atoms with van der Waals surface area (Å²) in [4.78, 5) is 2.70. The van der Waals surface area contributed by atoms with E-state index in [9.17, 15) is 17.2 Å². The van der Waals surface area contributed by atoms with Crippen molar-refractivity contribution in [3.8, 4) is 0 Å². The van der Waals surface area contributed by atoms with Gasteiger partial charge in [0.2, 0.25) is 0 Å². The van der Waals surface area contributed by atoms with Crippen molar-refractivity contribution in [1.82, 2.24) is 10.3 Å². The Morgan fingerprint density at radius 2 is 2.21 bits per heavy atom. The molecule has 3 N–H and O–H groups in total. The molecular formula is C13H13BrF2N4O2S2. The molecule has 2 aromatic rings. The first-order valence-corrected chi connectivity index (χ1v) is 10.2. The van der Waals surface area contributed by atoms with Gasteiger partial charge in [-0.2, -0.15) is 0 Å². The van der Waals surface area contributed by atoms with E-state index in [1.165, 1.54) is 10.9 Å². The van der Waals surface area contributed by atoms with E-state index in [0.717, 1.165) is 30.4 Å². The Hall–Kier alpha value is -1.30. The first-order valence-electron chi connectivity index (χ1n) is 6.94. The van der Waals surface area contributed by atoms with Crippen molar-refractivity contribution in [2.24, 2.45) is 0 Å². The van der Waals surface area contributed by atoms with Crippen molar-refractivity contribution >= 4 is 48.8 Å². The molecule has 2 heterocycles. The topological polar surface area (TPSA) is 83.1 Å². The molecule has 11 heteroatoms. The summed E-state index contributed by atoms with van der Waals surface area (Å²) in [5.41, 5.74) is 1.58. The smallest absolute Gasteiger partial charge is 0.268 e. The van der Waals surface area contributed by atoms with Crippen LogP contribution in [-0.4, -0.2) is 32.5 Å². The van der Waals surface area contributed by atoms with E-state index in [1.54, 1.807) is 0 Å². The molecule has 1 atom stereocenters. The van der Waals surface area contributed by atoms with E-state index in [0.29, 0.717) is 6.54 Å². The molecular weight excluding hydrogens is 426 g/mol. The Bertz CT molecular complexity index is 840. The third-order valence-corrected chi connectivity index (χ3v) is 6.23. The lowest BCUT2D eigenvalue weighted by Crippen LogP contribution is -2.23. The Kier molecular flexibility index (Phi) is 5.04. The average molecular weight is 439 g/mol. The number of benzene rings is 1. The maximum Gasteiger partial charge on any atom is 0.268 e.